The van der Waals surface area contributed by atoms with Crippen LogP contribution in [0.3, 0.4) is 0 Å². The Morgan fingerprint density at radius 1 is 1.33 bits per heavy atom. The van der Waals surface area contributed by atoms with Crippen LogP contribution >= 0.6 is 11.3 Å². The molecule has 6 nitrogen and oxygen atoms in total. The van der Waals surface area contributed by atoms with Gasteiger partial charge >= 0.3 is 0 Å². The molecule has 24 heavy (non-hydrogen) atoms. The zero-order valence-electron chi connectivity index (χ0n) is 13.4. The fraction of sp³-hybridized carbons (Fsp3) is 0.412. The Balaban J connectivity index is 1.83. The van der Waals surface area contributed by atoms with E-state index >= 15 is 0 Å². The first-order chi connectivity index (χ1) is 11.7. The third kappa shape index (κ3) is 2.31. The van der Waals surface area contributed by atoms with Crippen LogP contribution in [0.5, 0.6) is 0 Å². The van der Waals surface area contributed by atoms with Crippen LogP contribution in [0.15, 0.2) is 29.5 Å². The maximum atomic E-state index is 13.0. The van der Waals surface area contributed by atoms with Gasteiger partial charge in [0.05, 0.1) is 11.8 Å². The van der Waals surface area contributed by atoms with E-state index in [1.807, 2.05) is 24.0 Å². The highest BCUT2D eigenvalue weighted by atomic mass is 32.1. The van der Waals surface area contributed by atoms with Crippen LogP contribution in [-0.4, -0.2) is 38.4 Å². The highest BCUT2D eigenvalue weighted by molar-refractivity contribution is 7.25. The van der Waals surface area contributed by atoms with Crippen LogP contribution in [0.4, 0.5) is 0 Å². The molecule has 0 aliphatic carbocycles. The Morgan fingerprint density at radius 2 is 2.12 bits per heavy atom. The van der Waals surface area contributed by atoms with Crippen molar-refractivity contribution in [2.45, 2.75) is 32.2 Å². The molecule has 3 aromatic rings. The Bertz CT molecular complexity index is 972. The van der Waals surface area contributed by atoms with Gasteiger partial charge in [0.2, 0.25) is 5.91 Å². The minimum Gasteiger partial charge on any atom is -0.341 e. The number of carbonyl (C=O) groups is 1. The molecule has 3 aromatic heterocycles. The lowest BCUT2D eigenvalue weighted by Gasteiger charge is -2.23. The van der Waals surface area contributed by atoms with Crippen molar-refractivity contribution >= 4 is 37.7 Å². The second-order valence-corrected chi connectivity index (χ2v) is 7.05. The molecule has 1 saturated heterocycles. The number of hydrogen-bond donors (Lipinski definition) is 0. The number of nitrogens with zero attached hydrogens (tertiary/aromatic N) is 4. The van der Waals surface area contributed by atoms with Crippen molar-refractivity contribution < 1.29 is 4.79 Å². The zero-order chi connectivity index (χ0) is 16.7. The van der Waals surface area contributed by atoms with Crippen molar-refractivity contribution in [3.8, 4) is 0 Å². The maximum Gasteiger partial charge on any atom is 0.272 e. The second kappa shape index (κ2) is 5.98. The summed E-state index contributed by atoms with van der Waals surface area (Å²) in [6.07, 6.45) is 5.88. The van der Waals surface area contributed by atoms with E-state index in [1.165, 1.54) is 22.2 Å². The number of hydrogen-bond acceptors (Lipinski definition) is 5. The molecule has 0 bridgehead atoms. The van der Waals surface area contributed by atoms with Gasteiger partial charge in [0, 0.05) is 24.7 Å². The summed E-state index contributed by atoms with van der Waals surface area (Å²) < 4.78 is 2.07. The van der Waals surface area contributed by atoms with Gasteiger partial charge in [0.15, 0.2) is 0 Å². The molecule has 1 fully saturated rings. The van der Waals surface area contributed by atoms with Crippen LogP contribution in [-0.2, 0) is 4.79 Å². The normalized spacial score (nSPS) is 16.1. The molecule has 0 radical (unpaired) electrons. The smallest absolute Gasteiger partial charge is 0.272 e. The number of pyridine rings is 1. The molecule has 0 saturated carbocycles. The fourth-order valence-corrected chi connectivity index (χ4v) is 4.38. The Labute approximate surface area is 142 Å². The van der Waals surface area contributed by atoms with E-state index in [9.17, 15) is 9.59 Å². The molecule has 7 heteroatoms. The van der Waals surface area contributed by atoms with Crippen molar-refractivity contribution in [3.63, 3.8) is 0 Å². The van der Waals surface area contributed by atoms with Crippen molar-refractivity contribution in [2.24, 2.45) is 0 Å². The van der Waals surface area contributed by atoms with Gasteiger partial charge in [-0.05, 0) is 31.4 Å². The van der Waals surface area contributed by atoms with Gasteiger partial charge in [0.1, 0.15) is 15.6 Å². The minimum absolute atomic E-state index is 0.0255. The second-order valence-electron chi connectivity index (χ2n) is 6.05. The first-order valence-corrected chi connectivity index (χ1v) is 9.05. The lowest BCUT2D eigenvalue weighted by molar-refractivity contribution is -0.133. The van der Waals surface area contributed by atoms with E-state index in [0.29, 0.717) is 16.6 Å². The largest absolute Gasteiger partial charge is 0.341 e. The SMILES string of the molecule is CCC(C(=O)N1CCCC1)n1cnc2c(sc3ncccc32)c1=O. The van der Waals surface area contributed by atoms with Crippen LogP contribution in [0.1, 0.15) is 32.2 Å². The molecule has 4 rings (SSSR count). The van der Waals surface area contributed by atoms with E-state index in [0.717, 1.165) is 36.1 Å². The first kappa shape index (κ1) is 15.3. The summed E-state index contributed by atoms with van der Waals surface area (Å²) in [5.41, 5.74) is 0.523. The molecular formula is C17H18N4O2S. The quantitative estimate of drug-likeness (QED) is 0.734. The molecule has 0 N–H and O–H groups in total. The molecule has 0 spiro atoms. The van der Waals surface area contributed by atoms with Gasteiger partial charge in [-0.3, -0.25) is 14.2 Å². The zero-order valence-corrected chi connectivity index (χ0v) is 14.3. The average Bonchev–Trinajstić information content (AvgIpc) is 3.25. The van der Waals surface area contributed by atoms with E-state index in [4.69, 9.17) is 0 Å². The highest BCUT2D eigenvalue weighted by Crippen LogP contribution is 2.28. The summed E-state index contributed by atoms with van der Waals surface area (Å²) in [4.78, 5) is 37.2. The third-order valence-electron chi connectivity index (χ3n) is 4.61. The summed E-state index contributed by atoms with van der Waals surface area (Å²) in [7, 11) is 0. The third-order valence-corrected chi connectivity index (χ3v) is 5.70. The van der Waals surface area contributed by atoms with Crippen molar-refractivity contribution in [1.29, 1.82) is 0 Å². The Hall–Kier alpha value is -2.28. The van der Waals surface area contributed by atoms with Gasteiger partial charge in [-0.1, -0.05) is 6.92 Å². The predicted molar refractivity (Wildman–Crippen MR) is 94.3 cm³/mol. The van der Waals surface area contributed by atoms with E-state index in [2.05, 4.69) is 9.97 Å². The number of likely N-dealkylation sites (tertiary alicyclic amines) is 1. The van der Waals surface area contributed by atoms with Gasteiger partial charge in [0.25, 0.3) is 5.56 Å². The van der Waals surface area contributed by atoms with Gasteiger partial charge in [-0.15, -0.1) is 11.3 Å². The molecule has 1 atom stereocenters. The molecule has 1 aliphatic heterocycles. The van der Waals surface area contributed by atoms with Crippen molar-refractivity contribution in [2.75, 3.05) is 13.1 Å². The molecule has 0 aromatic carbocycles. The number of fused-ring (bicyclic) bond motifs is 3. The number of thiophene rings is 1. The van der Waals surface area contributed by atoms with Crippen LogP contribution < -0.4 is 5.56 Å². The molecule has 1 amide bonds. The highest BCUT2D eigenvalue weighted by Gasteiger charge is 2.28. The topological polar surface area (TPSA) is 68.1 Å². The molecule has 4 heterocycles. The fourth-order valence-electron chi connectivity index (χ4n) is 3.34. The van der Waals surface area contributed by atoms with Crippen LogP contribution in [0.25, 0.3) is 20.4 Å². The monoisotopic (exact) mass is 342 g/mol. The van der Waals surface area contributed by atoms with E-state index in [1.54, 1.807) is 6.20 Å². The molecular weight excluding hydrogens is 324 g/mol. The van der Waals surface area contributed by atoms with Crippen molar-refractivity contribution in [1.82, 2.24) is 19.4 Å². The number of carbonyl (C=O) groups excluding carboxylic acids is 1. The lowest BCUT2D eigenvalue weighted by atomic mass is 10.2. The van der Waals surface area contributed by atoms with Gasteiger partial charge in [-0.25, -0.2) is 9.97 Å². The van der Waals surface area contributed by atoms with Crippen LogP contribution in [0.2, 0.25) is 0 Å². The van der Waals surface area contributed by atoms with E-state index in [-0.39, 0.29) is 11.5 Å². The average molecular weight is 342 g/mol. The Morgan fingerprint density at radius 3 is 2.88 bits per heavy atom. The van der Waals surface area contributed by atoms with Crippen molar-refractivity contribution in [3.05, 3.63) is 35.0 Å². The maximum absolute atomic E-state index is 13.0. The van der Waals surface area contributed by atoms with Crippen LogP contribution in [0, 0.1) is 0 Å². The van der Waals surface area contributed by atoms with Gasteiger partial charge < -0.3 is 4.90 Å². The molecule has 124 valence electrons. The number of amides is 1. The summed E-state index contributed by atoms with van der Waals surface area (Å²) in [5, 5.41) is 0.890. The first-order valence-electron chi connectivity index (χ1n) is 8.24. The Kier molecular flexibility index (Phi) is 3.80. The summed E-state index contributed by atoms with van der Waals surface area (Å²) in [5.74, 6) is 0.0255. The molecule has 1 aliphatic rings. The number of aromatic nitrogens is 3. The lowest BCUT2D eigenvalue weighted by Crippen LogP contribution is -2.38. The van der Waals surface area contributed by atoms with Gasteiger partial charge in [-0.2, -0.15) is 0 Å². The summed E-state index contributed by atoms with van der Waals surface area (Å²) in [6, 6.07) is 3.28. The predicted octanol–water partition coefficient (Wildman–Crippen LogP) is 2.58. The number of rotatable bonds is 3. The van der Waals surface area contributed by atoms with E-state index < -0.39 is 6.04 Å². The summed E-state index contributed by atoms with van der Waals surface area (Å²) in [6.45, 7) is 3.50. The molecule has 1 unspecified atom stereocenters. The standard InChI is InChI=1S/C17H18N4O2S/c1-2-12(16(22)20-8-3-4-9-20)21-10-19-13-11-6-5-7-18-15(11)24-14(13)17(21)23/h5-7,10,12H,2-4,8-9H2,1H3. The minimum atomic E-state index is -0.481. The summed E-state index contributed by atoms with van der Waals surface area (Å²) >= 11 is 1.34.